The van der Waals surface area contributed by atoms with Gasteiger partial charge in [0.1, 0.15) is 36.6 Å². The second kappa shape index (κ2) is 10.8. The van der Waals surface area contributed by atoms with Gasteiger partial charge in [0.05, 0.1) is 17.8 Å². The molecule has 0 amide bonds. The van der Waals surface area contributed by atoms with Gasteiger partial charge in [-0.3, -0.25) is 4.79 Å². The molecule has 0 saturated carbocycles. The summed E-state index contributed by atoms with van der Waals surface area (Å²) in [6.45, 7) is 3.08. The first-order valence-electron chi connectivity index (χ1n) is 11.5. The van der Waals surface area contributed by atoms with E-state index in [9.17, 15) is 35.1 Å². The molecule has 10 nitrogen and oxygen atoms in total. The maximum Gasteiger partial charge on any atom is 0.336 e. The van der Waals surface area contributed by atoms with Gasteiger partial charge >= 0.3 is 5.97 Å². The number of hydrogen-bond donors (Lipinski definition) is 5. The van der Waals surface area contributed by atoms with Crippen LogP contribution in [0.25, 0.3) is 0 Å². The second-order valence-electron chi connectivity index (χ2n) is 9.38. The smallest absolute Gasteiger partial charge is 0.336 e. The quantitative estimate of drug-likeness (QED) is 0.289. The lowest BCUT2D eigenvalue weighted by molar-refractivity contribution is -0.302. The van der Waals surface area contributed by atoms with Crippen molar-refractivity contribution in [1.82, 2.24) is 0 Å². The highest BCUT2D eigenvalue weighted by Gasteiger charge is 2.46. The Morgan fingerprint density at radius 2 is 1.82 bits per heavy atom. The van der Waals surface area contributed by atoms with E-state index in [1.807, 2.05) is 13.8 Å². The van der Waals surface area contributed by atoms with E-state index in [-0.39, 0.29) is 30.3 Å². The van der Waals surface area contributed by atoms with Crippen LogP contribution >= 0.6 is 0 Å². The number of allylic oxidation sites excluding steroid dienone is 3. The molecule has 6 atom stereocenters. The molecule has 0 spiro atoms. The van der Waals surface area contributed by atoms with Crippen LogP contribution < -0.4 is 0 Å². The minimum Gasteiger partial charge on any atom is -0.459 e. The lowest BCUT2D eigenvalue weighted by Gasteiger charge is -2.40. The number of rotatable bonds is 8. The maximum atomic E-state index is 12.7. The molecule has 34 heavy (non-hydrogen) atoms. The van der Waals surface area contributed by atoms with E-state index in [0.717, 1.165) is 6.42 Å². The maximum absolute atomic E-state index is 12.7. The van der Waals surface area contributed by atoms with Crippen LogP contribution in [-0.4, -0.2) is 92.4 Å². The number of aliphatic hydroxyl groups excluding tert-OH is 3. The Morgan fingerprint density at radius 3 is 2.47 bits per heavy atom. The van der Waals surface area contributed by atoms with Gasteiger partial charge in [0.15, 0.2) is 12.1 Å². The summed E-state index contributed by atoms with van der Waals surface area (Å²) in [7, 11) is 0. The zero-order valence-electron chi connectivity index (χ0n) is 19.4. The van der Waals surface area contributed by atoms with Crippen molar-refractivity contribution >= 4 is 11.8 Å². The minimum absolute atomic E-state index is 0.0418. The molecule has 5 N–H and O–H groups in total. The summed E-state index contributed by atoms with van der Waals surface area (Å²) in [6, 6.07) is 0. The third kappa shape index (κ3) is 5.83. The molecule has 1 aliphatic heterocycles. The van der Waals surface area contributed by atoms with Crippen molar-refractivity contribution in [2.45, 2.75) is 81.4 Å². The van der Waals surface area contributed by atoms with Crippen LogP contribution in [0.2, 0.25) is 0 Å². The largest absolute Gasteiger partial charge is 0.459 e. The summed E-state index contributed by atoms with van der Waals surface area (Å²) in [5, 5.41) is 52.1. The van der Waals surface area contributed by atoms with Crippen molar-refractivity contribution in [3.05, 3.63) is 36.0 Å². The molecular weight excluding hydrogens is 448 g/mol. The molecular formula is C24H34O10. The van der Waals surface area contributed by atoms with Crippen molar-refractivity contribution < 1.29 is 49.3 Å². The number of ether oxygens (including phenoxy) is 3. The molecule has 0 aromatic heterocycles. The Kier molecular flexibility index (Phi) is 8.46. The lowest BCUT2D eigenvalue weighted by Crippen LogP contribution is -2.59. The van der Waals surface area contributed by atoms with Crippen molar-refractivity contribution in [2.24, 2.45) is 5.92 Å². The fraction of sp³-hybridized carbons (Fsp3) is 0.667. The number of esters is 1. The van der Waals surface area contributed by atoms with E-state index in [4.69, 9.17) is 14.2 Å². The summed E-state index contributed by atoms with van der Waals surface area (Å²) >= 11 is 0. The first kappa shape index (κ1) is 26.7. The van der Waals surface area contributed by atoms with Crippen LogP contribution in [0.3, 0.4) is 0 Å². The van der Waals surface area contributed by atoms with Gasteiger partial charge in [-0.1, -0.05) is 19.9 Å². The molecule has 10 heteroatoms. The average Bonchev–Trinajstić information content (AvgIpc) is 2.80. The van der Waals surface area contributed by atoms with Crippen molar-refractivity contribution in [3.8, 4) is 0 Å². The Morgan fingerprint density at radius 1 is 1.15 bits per heavy atom. The summed E-state index contributed by atoms with van der Waals surface area (Å²) in [4.78, 5) is 23.9. The van der Waals surface area contributed by atoms with Gasteiger partial charge in [-0.05, 0) is 49.5 Å². The van der Waals surface area contributed by atoms with E-state index in [1.165, 1.54) is 24.3 Å². The fourth-order valence-electron chi connectivity index (χ4n) is 4.29. The normalized spacial score (nSPS) is 35.4. The monoisotopic (exact) mass is 482 g/mol. The van der Waals surface area contributed by atoms with Crippen LogP contribution in [0.4, 0.5) is 0 Å². The van der Waals surface area contributed by atoms with Gasteiger partial charge in [0.25, 0.3) is 0 Å². The third-order valence-corrected chi connectivity index (χ3v) is 6.66. The third-order valence-electron chi connectivity index (χ3n) is 6.66. The molecule has 190 valence electrons. The van der Waals surface area contributed by atoms with Crippen molar-refractivity contribution in [2.75, 3.05) is 13.2 Å². The SMILES string of the molecule is CC(C)[C@]1(O)CCCC=C1C(=O)OCC1OC(OCCC2(O)C=CC(=O)C=C2)C(O)C(O)C1O. The number of carbonyl (C=O) groups is 2. The second-order valence-corrected chi connectivity index (χ2v) is 9.38. The molecule has 3 rings (SSSR count). The van der Waals surface area contributed by atoms with Gasteiger partial charge in [0, 0.05) is 6.42 Å². The minimum atomic E-state index is -1.63. The van der Waals surface area contributed by atoms with Crippen LogP contribution in [0.15, 0.2) is 36.0 Å². The lowest BCUT2D eigenvalue weighted by atomic mass is 9.75. The van der Waals surface area contributed by atoms with Crippen LogP contribution in [0.1, 0.15) is 39.5 Å². The highest BCUT2D eigenvalue weighted by atomic mass is 16.7. The highest BCUT2D eigenvalue weighted by Crippen LogP contribution is 2.36. The predicted octanol–water partition coefficient (Wildman–Crippen LogP) is -0.332. The molecule has 1 heterocycles. The summed E-state index contributed by atoms with van der Waals surface area (Å²) in [6.07, 6.45) is 1.32. The fourth-order valence-corrected chi connectivity index (χ4v) is 4.29. The number of aliphatic hydroxyl groups is 5. The topological polar surface area (TPSA) is 163 Å². The first-order valence-corrected chi connectivity index (χ1v) is 11.5. The van der Waals surface area contributed by atoms with Gasteiger partial charge in [-0.2, -0.15) is 0 Å². The number of hydrogen-bond acceptors (Lipinski definition) is 10. The van der Waals surface area contributed by atoms with Crippen LogP contribution in [0.5, 0.6) is 0 Å². The van der Waals surface area contributed by atoms with E-state index in [0.29, 0.717) is 12.8 Å². The number of ketones is 1. The molecule has 5 unspecified atom stereocenters. The summed E-state index contributed by atoms with van der Waals surface area (Å²) in [5.41, 5.74) is -2.55. The van der Waals surface area contributed by atoms with Crippen LogP contribution in [-0.2, 0) is 23.8 Å². The zero-order chi connectivity index (χ0) is 25.1. The molecule has 1 fully saturated rings. The Balaban J connectivity index is 1.57. The van der Waals surface area contributed by atoms with Crippen molar-refractivity contribution in [3.63, 3.8) is 0 Å². The van der Waals surface area contributed by atoms with Gasteiger partial charge in [0.2, 0.25) is 0 Å². The first-order chi connectivity index (χ1) is 16.0. The summed E-state index contributed by atoms with van der Waals surface area (Å²) in [5.74, 6) is -1.20. The van der Waals surface area contributed by atoms with Gasteiger partial charge < -0.3 is 39.7 Å². The van der Waals surface area contributed by atoms with Crippen molar-refractivity contribution in [1.29, 1.82) is 0 Å². The number of carbonyl (C=O) groups excluding carboxylic acids is 2. The molecule has 3 aliphatic rings. The highest BCUT2D eigenvalue weighted by molar-refractivity contribution is 6.00. The molecule has 1 saturated heterocycles. The Labute approximate surface area is 198 Å². The van der Waals surface area contributed by atoms with E-state index < -0.39 is 54.5 Å². The zero-order valence-corrected chi connectivity index (χ0v) is 19.4. The molecule has 0 aromatic rings. The van der Waals surface area contributed by atoms with Gasteiger partial charge in [-0.25, -0.2) is 4.79 Å². The van der Waals surface area contributed by atoms with E-state index in [1.54, 1.807) is 6.08 Å². The molecule has 2 aliphatic carbocycles. The Bertz CT molecular complexity index is 831. The predicted molar refractivity (Wildman–Crippen MR) is 118 cm³/mol. The molecule has 0 radical (unpaired) electrons. The van der Waals surface area contributed by atoms with E-state index >= 15 is 0 Å². The van der Waals surface area contributed by atoms with Gasteiger partial charge in [-0.15, -0.1) is 0 Å². The van der Waals surface area contributed by atoms with E-state index in [2.05, 4.69) is 0 Å². The Hall–Kier alpha value is -1.92. The summed E-state index contributed by atoms with van der Waals surface area (Å²) < 4.78 is 16.3. The standard InChI is InChI=1S/C24H34O10/c1-14(2)24(31)8-4-3-5-16(24)21(29)33-13-17-18(26)19(27)20(28)22(34-17)32-12-11-23(30)9-6-15(25)7-10-23/h5-7,9-10,14,17-20,22,26-28,30-31H,3-4,8,11-13H2,1-2H3/t17?,18?,19?,20?,22?,24-/m1/s1. The molecule has 0 bridgehead atoms. The molecule has 0 aromatic carbocycles. The van der Waals surface area contributed by atoms with Crippen LogP contribution in [0, 0.1) is 5.92 Å². The average molecular weight is 483 g/mol.